The highest BCUT2D eigenvalue weighted by Crippen LogP contribution is 2.32. The maximum Gasteiger partial charge on any atom is 0.324 e. The number of nitrogens with one attached hydrogen (secondary N) is 1. The van der Waals surface area contributed by atoms with Crippen molar-refractivity contribution in [2.75, 3.05) is 20.2 Å². The lowest BCUT2D eigenvalue weighted by molar-refractivity contribution is 0.0951. The van der Waals surface area contributed by atoms with Crippen LogP contribution in [0.2, 0.25) is 5.02 Å². The number of phenols is 1. The van der Waals surface area contributed by atoms with Gasteiger partial charge in [-0.25, -0.2) is 4.79 Å². The van der Waals surface area contributed by atoms with Crippen LogP contribution in [0, 0.1) is 0 Å². The molecule has 0 aliphatic heterocycles. The molecule has 1 aromatic carbocycles. The molecule has 0 fully saturated rings. The minimum Gasteiger partial charge on any atom is -0.504 e. The molecule has 2 N–H and O–H groups in total. The Morgan fingerprint density at radius 3 is 2.36 bits per heavy atom. The van der Waals surface area contributed by atoms with Crippen LogP contribution in [-0.4, -0.2) is 42.1 Å². The Morgan fingerprint density at radius 2 is 1.86 bits per heavy atom. The molecular weight excluding hydrogens is 308 g/mol. The number of benzene rings is 1. The Hall–Kier alpha value is -1.95. The predicted molar refractivity (Wildman–Crippen MR) is 84.7 cm³/mol. The molecular formula is C15H21ClN2O4. The van der Waals surface area contributed by atoms with Crippen molar-refractivity contribution in [2.24, 2.45) is 0 Å². The number of urea groups is 1. The van der Waals surface area contributed by atoms with Crippen molar-refractivity contribution in [3.8, 4) is 11.5 Å². The summed E-state index contributed by atoms with van der Waals surface area (Å²) in [6.07, 6.45) is 1.59. The normalized spacial score (nSPS) is 10.2. The molecule has 0 saturated heterocycles. The lowest BCUT2D eigenvalue weighted by atomic mass is 10.2. The number of nitrogens with zero attached hydrogens (tertiary/aromatic N) is 1. The lowest BCUT2D eigenvalue weighted by Gasteiger charge is -2.21. The maximum absolute atomic E-state index is 12.1. The molecule has 0 aliphatic carbocycles. The number of halogens is 1. The molecule has 0 radical (unpaired) electrons. The summed E-state index contributed by atoms with van der Waals surface area (Å²) >= 11 is 5.98. The van der Waals surface area contributed by atoms with E-state index in [1.807, 2.05) is 13.8 Å². The van der Waals surface area contributed by atoms with Gasteiger partial charge in [-0.15, -0.1) is 0 Å². The number of hydrogen-bond acceptors (Lipinski definition) is 4. The van der Waals surface area contributed by atoms with Gasteiger partial charge >= 0.3 is 6.03 Å². The summed E-state index contributed by atoms with van der Waals surface area (Å²) in [7, 11) is 1.38. The number of imide groups is 1. The molecule has 0 aromatic heterocycles. The zero-order chi connectivity index (χ0) is 16.7. The van der Waals surface area contributed by atoms with E-state index < -0.39 is 11.9 Å². The monoisotopic (exact) mass is 328 g/mol. The van der Waals surface area contributed by atoms with Gasteiger partial charge in [0.15, 0.2) is 11.5 Å². The van der Waals surface area contributed by atoms with Gasteiger partial charge in [-0.05, 0) is 18.9 Å². The minimum absolute atomic E-state index is 0.0151. The summed E-state index contributed by atoms with van der Waals surface area (Å²) in [6, 6.07) is 2.03. The van der Waals surface area contributed by atoms with Crippen molar-refractivity contribution in [1.82, 2.24) is 10.2 Å². The molecule has 0 spiro atoms. The van der Waals surface area contributed by atoms with Gasteiger partial charge in [0.1, 0.15) is 0 Å². The maximum atomic E-state index is 12.1. The average Bonchev–Trinajstić information content (AvgIpc) is 2.48. The quantitative estimate of drug-likeness (QED) is 0.841. The molecule has 6 nitrogen and oxygen atoms in total. The van der Waals surface area contributed by atoms with Gasteiger partial charge in [-0.3, -0.25) is 10.1 Å². The summed E-state index contributed by atoms with van der Waals surface area (Å²) in [5.41, 5.74) is 0.0151. The molecule has 0 bridgehead atoms. The summed E-state index contributed by atoms with van der Waals surface area (Å²) in [6.45, 7) is 5.04. The minimum atomic E-state index is -0.662. The van der Waals surface area contributed by atoms with E-state index in [1.165, 1.54) is 19.2 Å². The Kier molecular flexibility index (Phi) is 6.98. The molecule has 3 amide bonds. The molecule has 122 valence electrons. The Labute approximate surface area is 135 Å². The van der Waals surface area contributed by atoms with Crippen LogP contribution in [0.5, 0.6) is 11.5 Å². The second kappa shape index (κ2) is 8.48. The van der Waals surface area contributed by atoms with E-state index in [9.17, 15) is 14.7 Å². The van der Waals surface area contributed by atoms with E-state index in [1.54, 1.807) is 4.90 Å². The van der Waals surface area contributed by atoms with Crippen LogP contribution in [0.25, 0.3) is 0 Å². The molecule has 0 heterocycles. The second-order valence-electron chi connectivity index (χ2n) is 4.75. The smallest absolute Gasteiger partial charge is 0.324 e. The molecule has 0 unspecified atom stereocenters. The first-order valence-corrected chi connectivity index (χ1v) is 7.49. The van der Waals surface area contributed by atoms with Gasteiger partial charge in [0.25, 0.3) is 5.91 Å². The van der Waals surface area contributed by atoms with Crippen LogP contribution >= 0.6 is 11.6 Å². The summed E-state index contributed by atoms with van der Waals surface area (Å²) in [5.74, 6) is -0.722. The molecule has 1 aromatic rings. The van der Waals surface area contributed by atoms with E-state index in [-0.39, 0.29) is 22.1 Å². The van der Waals surface area contributed by atoms with Crippen LogP contribution in [-0.2, 0) is 0 Å². The van der Waals surface area contributed by atoms with Crippen LogP contribution in [0.3, 0.4) is 0 Å². The number of carbonyl (C=O) groups is 2. The van der Waals surface area contributed by atoms with Crippen LogP contribution in [0.4, 0.5) is 4.79 Å². The number of aromatic hydroxyl groups is 1. The SMILES string of the molecule is CCCN(CCC)C(=O)NC(=O)c1cc(O)c(OC)cc1Cl. The van der Waals surface area contributed by atoms with Gasteiger partial charge in [0.2, 0.25) is 0 Å². The predicted octanol–water partition coefficient (Wildman–Crippen LogP) is 3.03. The Morgan fingerprint density at radius 1 is 1.27 bits per heavy atom. The first-order chi connectivity index (χ1) is 10.4. The molecule has 0 aliphatic rings. The highest BCUT2D eigenvalue weighted by Gasteiger charge is 2.19. The standard InChI is InChI=1S/C15H21ClN2O4/c1-4-6-18(7-5-2)15(21)17-14(20)10-8-12(19)13(22-3)9-11(10)16/h8-9,19H,4-7H2,1-3H3,(H,17,20,21). The largest absolute Gasteiger partial charge is 0.504 e. The number of rotatable bonds is 6. The van der Waals surface area contributed by atoms with Gasteiger partial charge in [0, 0.05) is 19.2 Å². The lowest BCUT2D eigenvalue weighted by Crippen LogP contribution is -2.43. The van der Waals surface area contributed by atoms with E-state index in [2.05, 4.69) is 5.32 Å². The average molecular weight is 329 g/mol. The van der Waals surface area contributed by atoms with Crippen molar-refractivity contribution in [1.29, 1.82) is 0 Å². The molecule has 7 heteroatoms. The summed E-state index contributed by atoms with van der Waals surface area (Å²) in [5, 5.41) is 12.1. The van der Waals surface area contributed by atoms with E-state index >= 15 is 0 Å². The number of hydrogen-bond donors (Lipinski definition) is 2. The zero-order valence-electron chi connectivity index (χ0n) is 13.0. The van der Waals surface area contributed by atoms with E-state index in [0.717, 1.165) is 12.8 Å². The second-order valence-corrected chi connectivity index (χ2v) is 5.16. The van der Waals surface area contributed by atoms with Crippen molar-refractivity contribution in [2.45, 2.75) is 26.7 Å². The van der Waals surface area contributed by atoms with Crippen molar-refractivity contribution >= 4 is 23.5 Å². The molecule has 1 rings (SSSR count). The van der Waals surface area contributed by atoms with Gasteiger partial charge < -0.3 is 14.7 Å². The van der Waals surface area contributed by atoms with Crippen molar-refractivity contribution in [3.63, 3.8) is 0 Å². The first kappa shape index (κ1) is 18.1. The fraction of sp³-hybridized carbons (Fsp3) is 0.467. The number of amides is 3. The third-order valence-corrected chi connectivity index (χ3v) is 3.32. The third kappa shape index (κ3) is 4.53. The van der Waals surface area contributed by atoms with E-state index in [0.29, 0.717) is 13.1 Å². The number of ether oxygens (including phenoxy) is 1. The fourth-order valence-electron chi connectivity index (χ4n) is 1.98. The van der Waals surface area contributed by atoms with Crippen molar-refractivity contribution < 1.29 is 19.4 Å². The zero-order valence-corrected chi connectivity index (χ0v) is 13.7. The van der Waals surface area contributed by atoms with Crippen molar-refractivity contribution in [3.05, 3.63) is 22.7 Å². The molecule has 0 atom stereocenters. The topological polar surface area (TPSA) is 78.9 Å². The number of methoxy groups -OCH3 is 1. The Balaban J connectivity index is 2.88. The number of phenolic OH excluding ortho intramolecular Hbond substituents is 1. The molecule has 22 heavy (non-hydrogen) atoms. The van der Waals surface area contributed by atoms with Gasteiger partial charge in [0.05, 0.1) is 17.7 Å². The highest BCUT2D eigenvalue weighted by atomic mass is 35.5. The molecule has 0 saturated carbocycles. The van der Waals surface area contributed by atoms with Gasteiger partial charge in [-0.1, -0.05) is 25.4 Å². The first-order valence-electron chi connectivity index (χ1n) is 7.11. The van der Waals surface area contributed by atoms with Crippen LogP contribution < -0.4 is 10.1 Å². The Bertz CT molecular complexity index is 543. The fourth-order valence-corrected chi connectivity index (χ4v) is 2.22. The number of carbonyl (C=O) groups excluding carboxylic acids is 2. The summed E-state index contributed by atoms with van der Waals surface area (Å²) < 4.78 is 4.90. The highest BCUT2D eigenvalue weighted by molar-refractivity contribution is 6.34. The summed E-state index contributed by atoms with van der Waals surface area (Å²) in [4.78, 5) is 25.8. The van der Waals surface area contributed by atoms with Crippen LogP contribution in [0.1, 0.15) is 37.0 Å². The van der Waals surface area contributed by atoms with Crippen LogP contribution in [0.15, 0.2) is 12.1 Å². The third-order valence-electron chi connectivity index (χ3n) is 3.01. The van der Waals surface area contributed by atoms with E-state index in [4.69, 9.17) is 16.3 Å². The van der Waals surface area contributed by atoms with Gasteiger partial charge in [-0.2, -0.15) is 0 Å².